The van der Waals surface area contributed by atoms with E-state index in [-0.39, 0.29) is 24.2 Å². The van der Waals surface area contributed by atoms with Crippen molar-refractivity contribution >= 4 is 11.8 Å². The maximum atomic E-state index is 12.8. The van der Waals surface area contributed by atoms with Gasteiger partial charge in [-0.25, -0.2) is 4.39 Å². The van der Waals surface area contributed by atoms with Crippen molar-refractivity contribution in [1.29, 1.82) is 0 Å². The van der Waals surface area contributed by atoms with Crippen LogP contribution in [0.4, 0.5) is 4.39 Å². The molecule has 0 spiro atoms. The predicted octanol–water partition coefficient (Wildman–Crippen LogP) is 3.09. The van der Waals surface area contributed by atoms with Crippen LogP contribution in [0, 0.1) is 5.82 Å². The van der Waals surface area contributed by atoms with E-state index in [1.54, 1.807) is 36.4 Å². The second-order valence-corrected chi connectivity index (χ2v) is 6.14. The summed E-state index contributed by atoms with van der Waals surface area (Å²) in [6.07, 6.45) is 2.64. The van der Waals surface area contributed by atoms with Crippen LogP contribution in [-0.2, 0) is 11.2 Å². The minimum absolute atomic E-state index is 0.100. The summed E-state index contributed by atoms with van der Waals surface area (Å²) in [5.41, 5.74) is 1.40. The molecule has 0 atom stereocenters. The normalized spacial score (nSPS) is 10.3. The molecule has 144 valence electrons. The Kier molecular flexibility index (Phi) is 8.29. The first kappa shape index (κ1) is 20.4. The second kappa shape index (κ2) is 11.0. The highest BCUT2D eigenvalue weighted by molar-refractivity contribution is 5.96. The van der Waals surface area contributed by atoms with Crippen molar-refractivity contribution in [1.82, 2.24) is 10.6 Å². The third-order valence-corrected chi connectivity index (χ3v) is 3.94. The molecule has 0 unspecified atom stereocenters. The number of carbonyl (C=O) groups is 2. The largest absolute Gasteiger partial charge is 0.494 e. The Hall–Kier alpha value is -2.89. The lowest BCUT2D eigenvalue weighted by molar-refractivity contribution is -0.120. The van der Waals surface area contributed by atoms with Gasteiger partial charge in [0.15, 0.2) is 0 Å². The molecule has 0 bridgehead atoms. The number of ether oxygens (including phenoxy) is 1. The molecule has 2 rings (SSSR count). The van der Waals surface area contributed by atoms with Crippen LogP contribution in [-0.4, -0.2) is 31.5 Å². The van der Waals surface area contributed by atoms with Gasteiger partial charge in [0, 0.05) is 12.1 Å². The summed E-state index contributed by atoms with van der Waals surface area (Å²) < 4.78 is 18.4. The maximum Gasteiger partial charge on any atom is 0.251 e. The molecular formula is C21H25FN2O3. The topological polar surface area (TPSA) is 67.4 Å². The van der Waals surface area contributed by atoms with Crippen LogP contribution in [0.2, 0.25) is 0 Å². The molecule has 0 radical (unpaired) electrons. The van der Waals surface area contributed by atoms with E-state index in [2.05, 4.69) is 17.6 Å². The van der Waals surface area contributed by atoms with E-state index in [0.29, 0.717) is 25.1 Å². The smallest absolute Gasteiger partial charge is 0.251 e. The first-order valence-corrected chi connectivity index (χ1v) is 9.10. The molecule has 2 amide bonds. The summed E-state index contributed by atoms with van der Waals surface area (Å²) in [6, 6.07) is 13.0. The van der Waals surface area contributed by atoms with Crippen molar-refractivity contribution in [2.75, 3.05) is 19.7 Å². The highest BCUT2D eigenvalue weighted by Gasteiger charge is 2.08. The van der Waals surface area contributed by atoms with Crippen LogP contribution < -0.4 is 15.4 Å². The molecule has 6 heteroatoms. The fourth-order valence-corrected chi connectivity index (χ4v) is 2.36. The molecule has 0 aromatic heterocycles. The minimum Gasteiger partial charge on any atom is -0.494 e. The van der Waals surface area contributed by atoms with Crippen molar-refractivity contribution in [3.63, 3.8) is 0 Å². The van der Waals surface area contributed by atoms with Gasteiger partial charge >= 0.3 is 0 Å². The van der Waals surface area contributed by atoms with Gasteiger partial charge in [-0.15, -0.1) is 0 Å². The van der Waals surface area contributed by atoms with Crippen LogP contribution in [0.1, 0.15) is 35.7 Å². The van der Waals surface area contributed by atoms with Crippen molar-refractivity contribution in [3.05, 3.63) is 65.5 Å². The van der Waals surface area contributed by atoms with Gasteiger partial charge in [-0.2, -0.15) is 0 Å². The van der Waals surface area contributed by atoms with E-state index >= 15 is 0 Å². The summed E-state index contributed by atoms with van der Waals surface area (Å²) in [4.78, 5) is 23.9. The number of halogens is 1. The molecule has 0 heterocycles. The number of unbranched alkanes of at least 4 members (excludes halogenated alkanes) is 1. The van der Waals surface area contributed by atoms with Crippen molar-refractivity contribution < 1.29 is 18.7 Å². The van der Waals surface area contributed by atoms with Crippen molar-refractivity contribution in [2.24, 2.45) is 0 Å². The molecule has 0 saturated carbocycles. The Morgan fingerprint density at radius 2 is 1.70 bits per heavy atom. The standard InChI is InChI=1S/C21H25FN2O3/c1-2-3-14-27-19-10-6-17(7-11-19)21(26)24-15-20(25)23-13-12-16-4-8-18(22)9-5-16/h4-11H,2-3,12-15H2,1H3,(H,23,25)(H,24,26). The first-order valence-electron chi connectivity index (χ1n) is 9.10. The zero-order valence-electron chi connectivity index (χ0n) is 15.5. The van der Waals surface area contributed by atoms with Gasteiger partial charge in [-0.1, -0.05) is 25.5 Å². The third kappa shape index (κ3) is 7.48. The molecule has 27 heavy (non-hydrogen) atoms. The Balaban J connectivity index is 1.68. The fourth-order valence-electron chi connectivity index (χ4n) is 2.36. The highest BCUT2D eigenvalue weighted by Crippen LogP contribution is 2.12. The number of carbonyl (C=O) groups excluding carboxylic acids is 2. The molecule has 0 aliphatic heterocycles. The summed E-state index contributed by atoms with van der Waals surface area (Å²) in [6.45, 7) is 3.07. The Labute approximate surface area is 158 Å². The molecule has 0 fully saturated rings. The van der Waals surface area contributed by atoms with Gasteiger partial charge in [0.1, 0.15) is 11.6 Å². The van der Waals surface area contributed by atoms with Crippen molar-refractivity contribution in [3.8, 4) is 5.75 Å². The Bertz CT molecular complexity index is 730. The lowest BCUT2D eigenvalue weighted by Gasteiger charge is -2.08. The first-order chi connectivity index (χ1) is 13.1. The van der Waals surface area contributed by atoms with E-state index in [1.807, 2.05) is 0 Å². The number of hydrogen-bond acceptors (Lipinski definition) is 3. The number of rotatable bonds is 10. The number of amides is 2. The summed E-state index contributed by atoms with van der Waals surface area (Å²) in [5.74, 6) is -0.154. The van der Waals surface area contributed by atoms with Gasteiger partial charge in [0.2, 0.25) is 5.91 Å². The van der Waals surface area contributed by atoms with E-state index in [4.69, 9.17) is 4.74 Å². The summed E-state index contributed by atoms with van der Waals surface area (Å²) >= 11 is 0. The molecule has 2 aromatic carbocycles. The molecule has 2 aromatic rings. The monoisotopic (exact) mass is 372 g/mol. The predicted molar refractivity (Wildman–Crippen MR) is 102 cm³/mol. The Morgan fingerprint density at radius 3 is 2.37 bits per heavy atom. The lowest BCUT2D eigenvalue weighted by atomic mass is 10.1. The maximum absolute atomic E-state index is 12.8. The van der Waals surface area contributed by atoms with Crippen LogP contribution in [0.5, 0.6) is 5.75 Å². The van der Waals surface area contributed by atoms with Crippen LogP contribution in [0.3, 0.4) is 0 Å². The van der Waals surface area contributed by atoms with E-state index in [9.17, 15) is 14.0 Å². The van der Waals surface area contributed by atoms with Gasteiger partial charge < -0.3 is 15.4 Å². The van der Waals surface area contributed by atoms with Crippen LogP contribution in [0.15, 0.2) is 48.5 Å². The molecule has 0 aliphatic carbocycles. The van der Waals surface area contributed by atoms with Crippen molar-refractivity contribution in [2.45, 2.75) is 26.2 Å². The summed E-state index contributed by atoms with van der Waals surface area (Å²) in [7, 11) is 0. The third-order valence-electron chi connectivity index (χ3n) is 3.94. The molecule has 2 N–H and O–H groups in total. The number of nitrogens with one attached hydrogen (secondary N) is 2. The van der Waals surface area contributed by atoms with E-state index in [0.717, 1.165) is 24.2 Å². The fraction of sp³-hybridized carbons (Fsp3) is 0.333. The van der Waals surface area contributed by atoms with Gasteiger partial charge in [-0.05, 0) is 54.8 Å². The minimum atomic E-state index is -0.316. The zero-order valence-corrected chi connectivity index (χ0v) is 15.5. The van der Waals surface area contributed by atoms with E-state index in [1.165, 1.54) is 12.1 Å². The van der Waals surface area contributed by atoms with E-state index < -0.39 is 0 Å². The highest BCUT2D eigenvalue weighted by atomic mass is 19.1. The Morgan fingerprint density at radius 1 is 1.00 bits per heavy atom. The van der Waals surface area contributed by atoms with Crippen LogP contribution in [0.25, 0.3) is 0 Å². The van der Waals surface area contributed by atoms with Gasteiger partial charge in [0.05, 0.1) is 13.2 Å². The molecule has 0 aliphatic rings. The van der Waals surface area contributed by atoms with Gasteiger partial charge in [0.25, 0.3) is 5.91 Å². The molecule has 5 nitrogen and oxygen atoms in total. The number of benzene rings is 2. The quantitative estimate of drug-likeness (QED) is 0.630. The molecule has 0 saturated heterocycles. The molecular weight excluding hydrogens is 347 g/mol. The lowest BCUT2D eigenvalue weighted by Crippen LogP contribution is -2.37. The second-order valence-electron chi connectivity index (χ2n) is 6.14. The average molecular weight is 372 g/mol. The van der Waals surface area contributed by atoms with Crippen LogP contribution >= 0.6 is 0 Å². The number of hydrogen-bond donors (Lipinski definition) is 2. The average Bonchev–Trinajstić information content (AvgIpc) is 2.68. The SMILES string of the molecule is CCCCOc1ccc(C(=O)NCC(=O)NCCc2ccc(F)cc2)cc1. The zero-order chi connectivity index (χ0) is 19.5. The summed E-state index contributed by atoms with van der Waals surface area (Å²) in [5, 5.41) is 5.31. The van der Waals surface area contributed by atoms with Gasteiger partial charge in [-0.3, -0.25) is 9.59 Å².